The normalized spacial score (nSPS) is 18.8. The Kier molecular flexibility index (Phi) is 6.24. The molecule has 1 unspecified atom stereocenters. The van der Waals surface area contributed by atoms with E-state index in [-0.39, 0.29) is 11.9 Å². The van der Waals surface area contributed by atoms with E-state index in [1.807, 2.05) is 29.2 Å². The van der Waals surface area contributed by atoms with Crippen molar-refractivity contribution in [2.75, 3.05) is 19.6 Å². The second kappa shape index (κ2) is 7.95. The van der Waals surface area contributed by atoms with Crippen LogP contribution in [0.2, 0.25) is 0 Å². The smallest absolute Gasteiger partial charge is 0.227 e. The van der Waals surface area contributed by atoms with Crippen molar-refractivity contribution in [1.82, 2.24) is 10.2 Å². The number of piperidine rings is 1. The van der Waals surface area contributed by atoms with Crippen LogP contribution in [0.4, 0.5) is 0 Å². The van der Waals surface area contributed by atoms with Crippen LogP contribution >= 0.6 is 15.9 Å². The highest BCUT2D eigenvalue weighted by Gasteiger charge is 2.22. The van der Waals surface area contributed by atoms with Gasteiger partial charge in [0.15, 0.2) is 0 Å². The molecule has 0 saturated carbocycles. The van der Waals surface area contributed by atoms with Crippen LogP contribution in [-0.2, 0) is 11.2 Å². The summed E-state index contributed by atoms with van der Waals surface area (Å²) in [6.45, 7) is 7.24. The summed E-state index contributed by atoms with van der Waals surface area (Å²) in [6, 6.07) is 8.27. The van der Waals surface area contributed by atoms with Gasteiger partial charge < -0.3 is 10.2 Å². The molecule has 1 aliphatic rings. The van der Waals surface area contributed by atoms with E-state index in [1.54, 1.807) is 0 Å². The van der Waals surface area contributed by atoms with Crippen molar-refractivity contribution in [3.05, 3.63) is 34.3 Å². The van der Waals surface area contributed by atoms with Crippen LogP contribution < -0.4 is 5.32 Å². The molecule has 1 saturated heterocycles. The van der Waals surface area contributed by atoms with Crippen molar-refractivity contribution >= 4 is 21.8 Å². The highest BCUT2D eigenvalue weighted by Crippen LogP contribution is 2.17. The lowest BCUT2D eigenvalue weighted by Crippen LogP contribution is -2.44. The molecule has 2 rings (SSSR count). The van der Waals surface area contributed by atoms with Gasteiger partial charge in [0.1, 0.15) is 0 Å². The van der Waals surface area contributed by atoms with E-state index in [2.05, 4.69) is 35.1 Å². The van der Waals surface area contributed by atoms with E-state index in [9.17, 15) is 4.79 Å². The summed E-state index contributed by atoms with van der Waals surface area (Å²) in [5.41, 5.74) is 1.07. The molecule has 1 aliphatic heterocycles. The Morgan fingerprint density at radius 1 is 1.48 bits per heavy atom. The molecule has 0 bridgehead atoms. The molecule has 1 atom stereocenters. The van der Waals surface area contributed by atoms with Gasteiger partial charge in [-0.25, -0.2) is 0 Å². The van der Waals surface area contributed by atoms with Crippen LogP contribution in [0, 0.1) is 5.92 Å². The molecule has 1 fully saturated rings. The van der Waals surface area contributed by atoms with Crippen LogP contribution in [-0.4, -0.2) is 36.5 Å². The fraction of sp³-hybridized carbons (Fsp3) is 0.588. The van der Waals surface area contributed by atoms with Crippen LogP contribution in [0.25, 0.3) is 0 Å². The third-order valence-corrected chi connectivity index (χ3v) is 4.54. The molecule has 0 aliphatic carbocycles. The zero-order chi connectivity index (χ0) is 15.2. The minimum Gasteiger partial charge on any atom is -0.340 e. The topological polar surface area (TPSA) is 32.3 Å². The number of nitrogens with one attached hydrogen (secondary N) is 1. The summed E-state index contributed by atoms with van der Waals surface area (Å²) in [4.78, 5) is 14.7. The Morgan fingerprint density at radius 3 is 2.90 bits per heavy atom. The van der Waals surface area contributed by atoms with Crippen molar-refractivity contribution in [2.45, 2.75) is 39.2 Å². The van der Waals surface area contributed by atoms with Gasteiger partial charge in [0.2, 0.25) is 5.91 Å². The molecule has 4 heteroatoms. The summed E-state index contributed by atoms with van der Waals surface area (Å²) in [5.74, 6) is 0.821. The minimum absolute atomic E-state index is 0.230. The Morgan fingerprint density at radius 2 is 2.29 bits per heavy atom. The first-order chi connectivity index (χ1) is 10.1. The Bertz CT molecular complexity index is 470. The first-order valence-electron chi connectivity index (χ1n) is 7.81. The van der Waals surface area contributed by atoms with E-state index in [1.165, 1.54) is 12.8 Å². The number of nitrogens with zero attached hydrogens (tertiary/aromatic N) is 1. The van der Waals surface area contributed by atoms with Crippen molar-refractivity contribution in [3.63, 3.8) is 0 Å². The fourth-order valence-corrected chi connectivity index (χ4v) is 3.33. The maximum atomic E-state index is 12.6. The summed E-state index contributed by atoms with van der Waals surface area (Å²) < 4.78 is 1.03. The highest BCUT2D eigenvalue weighted by atomic mass is 79.9. The lowest BCUT2D eigenvalue weighted by molar-refractivity contribution is -0.133. The van der Waals surface area contributed by atoms with Gasteiger partial charge >= 0.3 is 0 Å². The second-order valence-corrected chi connectivity index (χ2v) is 7.07. The summed E-state index contributed by atoms with van der Waals surface area (Å²) in [5, 5.41) is 3.43. The minimum atomic E-state index is 0.230. The van der Waals surface area contributed by atoms with Crippen molar-refractivity contribution < 1.29 is 4.79 Å². The van der Waals surface area contributed by atoms with Crippen molar-refractivity contribution in [2.24, 2.45) is 5.92 Å². The lowest BCUT2D eigenvalue weighted by atomic mass is 9.98. The molecule has 1 aromatic rings. The van der Waals surface area contributed by atoms with Gasteiger partial charge in [0, 0.05) is 17.1 Å². The molecule has 1 heterocycles. The number of benzene rings is 1. The molecule has 1 amide bonds. The highest BCUT2D eigenvalue weighted by molar-refractivity contribution is 9.10. The van der Waals surface area contributed by atoms with Crippen LogP contribution in [0.5, 0.6) is 0 Å². The van der Waals surface area contributed by atoms with E-state index in [0.29, 0.717) is 12.3 Å². The monoisotopic (exact) mass is 352 g/mol. The zero-order valence-electron chi connectivity index (χ0n) is 12.9. The van der Waals surface area contributed by atoms with E-state index in [4.69, 9.17) is 0 Å². The zero-order valence-corrected chi connectivity index (χ0v) is 14.5. The van der Waals surface area contributed by atoms with Crippen LogP contribution in [0.15, 0.2) is 28.7 Å². The summed E-state index contributed by atoms with van der Waals surface area (Å²) in [7, 11) is 0. The number of carbonyl (C=O) groups is 1. The number of hydrogen-bond acceptors (Lipinski definition) is 2. The molecule has 3 nitrogen and oxygen atoms in total. The third kappa shape index (κ3) is 5.11. The second-order valence-electron chi connectivity index (χ2n) is 6.16. The molecule has 0 spiro atoms. The molecule has 1 N–H and O–H groups in total. The number of rotatable bonds is 5. The maximum absolute atomic E-state index is 12.6. The lowest BCUT2D eigenvalue weighted by Gasteiger charge is -2.33. The molecular weight excluding hydrogens is 328 g/mol. The average molecular weight is 353 g/mol. The molecule has 0 radical (unpaired) electrons. The predicted molar refractivity (Wildman–Crippen MR) is 90.3 cm³/mol. The molecule has 21 heavy (non-hydrogen) atoms. The van der Waals surface area contributed by atoms with Crippen LogP contribution in [0.3, 0.4) is 0 Å². The first kappa shape index (κ1) is 16.5. The summed E-state index contributed by atoms with van der Waals surface area (Å²) >= 11 is 3.46. The predicted octanol–water partition coefficient (Wildman–Crippen LogP) is 3.23. The van der Waals surface area contributed by atoms with Crippen molar-refractivity contribution in [3.8, 4) is 0 Å². The SMILES string of the molecule is CC(C)N(CC1CCCNC1)C(=O)Cc1cccc(Br)c1. The molecular formula is C17H25BrN2O. The molecule has 1 aromatic carbocycles. The van der Waals surface area contributed by atoms with Gasteiger partial charge in [-0.1, -0.05) is 28.1 Å². The standard InChI is InChI=1S/C17H25BrN2O/c1-13(2)20(12-15-6-4-8-19-11-15)17(21)10-14-5-3-7-16(18)9-14/h3,5,7,9,13,15,19H,4,6,8,10-12H2,1-2H3. The molecule has 116 valence electrons. The van der Waals surface area contributed by atoms with Crippen LogP contribution in [0.1, 0.15) is 32.3 Å². The number of amides is 1. The number of hydrogen-bond donors (Lipinski definition) is 1. The fourth-order valence-electron chi connectivity index (χ4n) is 2.88. The van der Waals surface area contributed by atoms with Gasteiger partial charge in [-0.2, -0.15) is 0 Å². The van der Waals surface area contributed by atoms with Crippen molar-refractivity contribution in [1.29, 1.82) is 0 Å². The quantitative estimate of drug-likeness (QED) is 0.882. The van der Waals surface area contributed by atoms with E-state index >= 15 is 0 Å². The van der Waals surface area contributed by atoms with Gasteiger partial charge in [-0.05, 0) is 63.4 Å². The van der Waals surface area contributed by atoms with Gasteiger partial charge in [0.25, 0.3) is 0 Å². The Hall–Kier alpha value is -0.870. The maximum Gasteiger partial charge on any atom is 0.227 e. The number of halogens is 1. The molecule has 0 aromatic heterocycles. The van der Waals surface area contributed by atoms with E-state index < -0.39 is 0 Å². The number of carbonyl (C=O) groups excluding carboxylic acids is 1. The summed E-state index contributed by atoms with van der Waals surface area (Å²) in [6.07, 6.45) is 2.93. The van der Waals surface area contributed by atoms with Gasteiger partial charge in [-0.15, -0.1) is 0 Å². The average Bonchev–Trinajstić information content (AvgIpc) is 2.45. The Labute approximate surface area is 136 Å². The largest absolute Gasteiger partial charge is 0.340 e. The van der Waals surface area contributed by atoms with Gasteiger partial charge in [0.05, 0.1) is 6.42 Å². The third-order valence-electron chi connectivity index (χ3n) is 4.04. The Balaban J connectivity index is 1.98. The van der Waals surface area contributed by atoms with Gasteiger partial charge in [-0.3, -0.25) is 4.79 Å². The van der Waals surface area contributed by atoms with E-state index in [0.717, 1.165) is 29.7 Å². The first-order valence-corrected chi connectivity index (χ1v) is 8.60.